The van der Waals surface area contributed by atoms with Crippen LogP contribution in [-0.2, 0) is 11.3 Å². The Hall–Kier alpha value is -2.07. The molecule has 0 saturated carbocycles. The number of amides is 1. The van der Waals surface area contributed by atoms with E-state index in [9.17, 15) is 27.5 Å². The lowest BCUT2D eigenvalue weighted by Gasteiger charge is -2.41. The zero-order valence-corrected chi connectivity index (χ0v) is 16.6. The van der Waals surface area contributed by atoms with Crippen molar-refractivity contribution >= 4 is 6.09 Å². The Bertz CT molecular complexity index is 706. The minimum absolute atomic E-state index is 0.101. The Balaban J connectivity index is 2.05. The molecule has 1 fully saturated rings. The molecular formula is C19H26F4N2O4. The topological polar surface area (TPSA) is 62.2 Å². The smallest absolute Gasteiger partial charge is 0.444 e. The molecule has 0 aliphatic carbocycles. The van der Waals surface area contributed by atoms with Gasteiger partial charge in [0.05, 0.1) is 0 Å². The summed E-state index contributed by atoms with van der Waals surface area (Å²) in [4.78, 5) is 15.8. The maximum Gasteiger partial charge on any atom is 0.573 e. The first-order valence-corrected chi connectivity index (χ1v) is 9.25. The van der Waals surface area contributed by atoms with Gasteiger partial charge in [0, 0.05) is 38.8 Å². The highest BCUT2D eigenvalue weighted by Gasteiger charge is 2.33. The van der Waals surface area contributed by atoms with E-state index in [0.29, 0.717) is 31.6 Å². The molecule has 1 heterocycles. The van der Waals surface area contributed by atoms with Crippen LogP contribution in [0.5, 0.6) is 5.75 Å². The lowest BCUT2D eigenvalue weighted by molar-refractivity contribution is -0.275. The van der Waals surface area contributed by atoms with Crippen LogP contribution in [0.15, 0.2) is 18.2 Å². The number of benzene rings is 1. The van der Waals surface area contributed by atoms with Gasteiger partial charge in [-0.3, -0.25) is 4.90 Å². The number of halogens is 4. The number of hydrogen-bond donors (Lipinski definition) is 1. The van der Waals surface area contributed by atoms with Crippen LogP contribution in [0.2, 0.25) is 0 Å². The average Bonchev–Trinajstić information content (AvgIpc) is 2.56. The number of carbonyl (C=O) groups excluding carboxylic acids is 1. The molecule has 1 aliphatic rings. The van der Waals surface area contributed by atoms with Crippen LogP contribution in [0.25, 0.3) is 0 Å². The summed E-state index contributed by atoms with van der Waals surface area (Å²) in [5.74, 6) is -1.99. The summed E-state index contributed by atoms with van der Waals surface area (Å²) in [5.41, 5.74) is -0.163. The van der Waals surface area contributed by atoms with Gasteiger partial charge >= 0.3 is 12.5 Å². The van der Waals surface area contributed by atoms with Crippen molar-refractivity contribution in [3.63, 3.8) is 0 Å². The standard InChI is InChI=1S/C19H26F4N2O4/c1-18(2,3)29-17(27)25-8-7-24(14(12-25)6-9-26)11-13-4-5-16(15(20)10-13)28-19(21,22)23/h4-5,10,14,26H,6-9,11-12H2,1-3H3/t14-/m0/s1. The molecule has 1 atom stereocenters. The van der Waals surface area contributed by atoms with E-state index in [1.807, 2.05) is 4.90 Å². The van der Waals surface area contributed by atoms with Crippen molar-refractivity contribution in [2.75, 3.05) is 26.2 Å². The monoisotopic (exact) mass is 422 g/mol. The number of rotatable bonds is 5. The van der Waals surface area contributed by atoms with E-state index in [2.05, 4.69) is 4.74 Å². The Morgan fingerprint density at radius 1 is 1.24 bits per heavy atom. The molecule has 1 aromatic rings. The average molecular weight is 422 g/mol. The van der Waals surface area contributed by atoms with Crippen molar-refractivity contribution < 1.29 is 36.9 Å². The van der Waals surface area contributed by atoms with Crippen molar-refractivity contribution in [3.05, 3.63) is 29.6 Å². The van der Waals surface area contributed by atoms with Gasteiger partial charge in [-0.25, -0.2) is 9.18 Å². The largest absolute Gasteiger partial charge is 0.573 e. The second kappa shape index (κ2) is 9.17. The van der Waals surface area contributed by atoms with Crippen molar-refractivity contribution in [1.82, 2.24) is 9.80 Å². The Labute approximate surface area is 167 Å². The first-order chi connectivity index (χ1) is 13.4. The number of ether oxygens (including phenoxy) is 2. The predicted molar refractivity (Wildman–Crippen MR) is 96.8 cm³/mol. The molecule has 1 N–H and O–H groups in total. The summed E-state index contributed by atoms with van der Waals surface area (Å²) in [6, 6.07) is 3.10. The van der Waals surface area contributed by atoms with Crippen LogP contribution in [-0.4, -0.2) is 65.2 Å². The lowest BCUT2D eigenvalue weighted by Crippen LogP contribution is -2.55. The molecule has 0 spiro atoms. The van der Waals surface area contributed by atoms with Gasteiger partial charge in [-0.2, -0.15) is 0 Å². The summed E-state index contributed by atoms with van der Waals surface area (Å²) in [7, 11) is 0. The van der Waals surface area contributed by atoms with Crippen LogP contribution >= 0.6 is 0 Å². The predicted octanol–water partition coefficient (Wildman–Crippen LogP) is 3.53. The molecule has 0 aromatic heterocycles. The van der Waals surface area contributed by atoms with Gasteiger partial charge in [-0.1, -0.05) is 6.07 Å². The number of nitrogens with zero attached hydrogens (tertiary/aromatic N) is 2. The number of aliphatic hydroxyl groups excluding tert-OH is 1. The van der Waals surface area contributed by atoms with Crippen LogP contribution in [0.3, 0.4) is 0 Å². The molecule has 2 rings (SSSR count). The van der Waals surface area contributed by atoms with E-state index in [-0.39, 0.29) is 19.2 Å². The zero-order chi connectivity index (χ0) is 21.8. The van der Waals surface area contributed by atoms with Crippen LogP contribution in [0.1, 0.15) is 32.8 Å². The third kappa shape index (κ3) is 7.36. The molecule has 0 bridgehead atoms. The SMILES string of the molecule is CC(C)(C)OC(=O)N1CCN(Cc2ccc(OC(F)(F)F)c(F)c2)[C@@H](CCO)C1. The number of alkyl halides is 3. The van der Waals surface area contributed by atoms with E-state index in [4.69, 9.17) is 4.74 Å². The maximum atomic E-state index is 14.0. The summed E-state index contributed by atoms with van der Waals surface area (Å²) < 4.78 is 59.8. The Morgan fingerprint density at radius 2 is 1.93 bits per heavy atom. The summed E-state index contributed by atoms with van der Waals surface area (Å²) in [5, 5.41) is 9.36. The second-order valence-corrected chi connectivity index (χ2v) is 7.88. The lowest BCUT2D eigenvalue weighted by atomic mass is 10.1. The summed E-state index contributed by atoms with van der Waals surface area (Å²) in [6.07, 6.45) is -5.02. The normalized spacial score (nSPS) is 18.6. The number of aliphatic hydroxyl groups is 1. The van der Waals surface area contributed by atoms with Gasteiger partial charge in [0.1, 0.15) is 5.60 Å². The minimum Gasteiger partial charge on any atom is -0.444 e. The van der Waals surface area contributed by atoms with Gasteiger partial charge < -0.3 is 19.5 Å². The molecule has 6 nitrogen and oxygen atoms in total. The minimum atomic E-state index is -4.97. The van der Waals surface area contributed by atoms with E-state index >= 15 is 0 Å². The third-order valence-electron chi connectivity index (χ3n) is 4.33. The molecule has 1 saturated heterocycles. The zero-order valence-electron chi connectivity index (χ0n) is 16.6. The fourth-order valence-corrected chi connectivity index (χ4v) is 3.10. The maximum absolute atomic E-state index is 14.0. The number of piperazine rings is 1. The van der Waals surface area contributed by atoms with Crippen molar-refractivity contribution in [1.29, 1.82) is 0 Å². The van der Waals surface area contributed by atoms with Crippen LogP contribution in [0.4, 0.5) is 22.4 Å². The number of hydrogen-bond acceptors (Lipinski definition) is 5. The van der Waals surface area contributed by atoms with Gasteiger partial charge in [0.2, 0.25) is 0 Å². The quantitative estimate of drug-likeness (QED) is 0.736. The van der Waals surface area contributed by atoms with E-state index in [0.717, 1.165) is 12.1 Å². The molecule has 1 aliphatic heterocycles. The van der Waals surface area contributed by atoms with Crippen molar-refractivity contribution in [3.8, 4) is 5.75 Å². The van der Waals surface area contributed by atoms with E-state index < -0.39 is 29.6 Å². The van der Waals surface area contributed by atoms with Crippen LogP contribution in [0, 0.1) is 5.82 Å². The second-order valence-electron chi connectivity index (χ2n) is 7.88. The third-order valence-corrected chi connectivity index (χ3v) is 4.33. The molecule has 1 amide bonds. The fraction of sp³-hybridized carbons (Fsp3) is 0.632. The summed E-state index contributed by atoms with van der Waals surface area (Å²) in [6.45, 7) is 6.63. The molecule has 29 heavy (non-hydrogen) atoms. The highest BCUT2D eigenvalue weighted by Crippen LogP contribution is 2.27. The highest BCUT2D eigenvalue weighted by molar-refractivity contribution is 5.68. The first-order valence-electron chi connectivity index (χ1n) is 9.25. The molecule has 10 heteroatoms. The Kier molecular flexibility index (Phi) is 7.34. The Morgan fingerprint density at radius 3 is 2.48 bits per heavy atom. The highest BCUT2D eigenvalue weighted by atomic mass is 19.4. The van der Waals surface area contributed by atoms with E-state index in [1.165, 1.54) is 6.07 Å². The van der Waals surface area contributed by atoms with Gasteiger partial charge in [-0.15, -0.1) is 13.2 Å². The fourth-order valence-electron chi connectivity index (χ4n) is 3.10. The van der Waals surface area contributed by atoms with Crippen molar-refractivity contribution in [2.24, 2.45) is 0 Å². The summed E-state index contributed by atoms with van der Waals surface area (Å²) >= 11 is 0. The van der Waals surface area contributed by atoms with E-state index in [1.54, 1.807) is 25.7 Å². The molecule has 164 valence electrons. The van der Waals surface area contributed by atoms with Gasteiger partial charge in [0.15, 0.2) is 11.6 Å². The molecule has 0 radical (unpaired) electrons. The molecular weight excluding hydrogens is 396 g/mol. The number of carbonyl (C=O) groups is 1. The molecule has 0 unspecified atom stereocenters. The van der Waals surface area contributed by atoms with Crippen molar-refractivity contribution in [2.45, 2.75) is 51.7 Å². The van der Waals surface area contributed by atoms with Gasteiger partial charge in [-0.05, 0) is 44.9 Å². The first kappa shape index (κ1) is 23.2. The van der Waals surface area contributed by atoms with Gasteiger partial charge in [0.25, 0.3) is 0 Å². The molecule has 1 aromatic carbocycles. The van der Waals surface area contributed by atoms with Crippen LogP contribution < -0.4 is 4.74 Å².